The number of hydrogen-bond donors (Lipinski definition) is 1. The van der Waals surface area contributed by atoms with Crippen LogP contribution >= 0.6 is 0 Å². The van der Waals surface area contributed by atoms with Crippen LogP contribution in [0.2, 0.25) is 0 Å². The fraction of sp³-hybridized carbons (Fsp3) is 0.655. The topological polar surface area (TPSA) is 82.1 Å². The highest BCUT2D eigenvalue weighted by Crippen LogP contribution is 2.71. The van der Waals surface area contributed by atoms with Crippen molar-refractivity contribution in [1.29, 1.82) is 0 Å². The Balaban J connectivity index is 1.67. The first kappa shape index (κ1) is 24.5. The SMILES string of the molecule is CC(=O)OC1CC2C(C)(C)C(=O)C=CC2(C)C2CCC3(C)C(=CC(O)OC3C3=COC=CC3)C12C. The molecule has 35 heavy (non-hydrogen) atoms. The zero-order valence-electron chi connectivity index (χ0n) is 21.7. The lowest BCUT2D eigenvalue weighted by Gasteiger charge is -2.67. The Hall–Kier alpha value is -2.18. The molecule has 0 radical (unpaired) electrons. The van der Waals surface area contributed by atoms with Gasteiger partial charge < -0.3 is 19.3 Å². The smallest absolute Gasteiger partial charge is 0.302 e. The first-order valence-electron chi connectivity index (χ1n) is 12.8. The molecule has 0 aromatic rings. The average Bonchev–Trinajstić information content (AvgIpc) is 2.79. The summed E-state index contributed by atoms with van der Waals surface area (Å²) in [6.45, 7) is 12.2. The minimum Gasteiger partial charge on any atom is -0.473 e. The minimum absolute atomic E-state index is 0.0417. The third-order valence-corrected chi connectivity index (χ3v) is 10.1. The van der Waals surface area contributed by atoms with Crippen molar-refractivity contribution in [3.05, 3.63) is 48.0 Å². The molecule has 0 bridgehead atoms. The lowest BCUT2D eigenvalue weighted by Crippen LogP contribution is -2.66. The third-order valence-electron chi connectivity index (χ3n) is 10.1. The number of hydrogen-bond acceptors (Lipinski definition) is 6. The van der Waals surface area contributed by atoms with E-state index in [4.69, 9.17) is 14.2 Å². The molecule has 190 valence electrons. The molecule has 3 aliphatic carbocycles. The molecule has 8 atom stereocenters. The molecule has 0 aromatic heterocycles. The van der Waals surface area contributed by atoms with Gasteiger partial charge in [0.2, 0.25) is 0 Å². The summed E-state index contributed by atoms with van der Waals surface area (Å²) in [7, 11) is 0. The molecular formula is C29H38O6. The molecule has 0 saturated heterocycles. The highest BCUT2D eigenvalue weighted by atomic mass is 16.6. The van der Waals surface area contributed by atoms with E-state index in [0.29, 0.717) is 12.8 Å². The molecule has 5 rings (SSSR count). The van der Waals surface area contributed by atoms with Gasteiger partial charge in [0.05, 0.1) is 18.6 Å². The zero-order valence-corrected chi connectivity index (χ0v) is 21.7. The number of aliphatic hydroxyl groups excluding tert-OH is 1. The molecule has 5 aliphatic rings. The molecule has 2 aliphatic heterocycles. The predicted molar refractivity (Wildman–Crippen MR) is 131 cm³/mol. The van der Waals surface area contributed by atoms with Crippen molar-refractivity contribution in [3.8, 4) is 0 Å². The Labute approximate surface area is 208 Å². The van der Waals surface area contributed by atoms with Crippen LogP contribution < -0.4 is 0 Å². The Bertz CT molecular complexity index is 1070. The lowest BCUT2D eigenvalue weighted by molar-refractivity contribution is -0.203. The van der Waals surface area contributed by atoms with Crippen LogP contribution in [-0.4, -0.2) is 35.4 Å². The number of ether oxygens (including phenoxy) is 3. The van der Waals surface area contributed by atoms with E-state index >= 15 is 0 Å². The maximum Gasteiger partial charge on any atom is 0.302 e. The van der Waals surface area contributed by atoms with Crippen LogP contribution in [0.15, 0.2) is 48.0 Å². The van der Waals surface area contributed by atoms with Gasteiger partial charge in [-0.05, 0) is 66.7 Å². The molecule has 0 aromatic carbocycles. The van der Waals surface area contributed by atoms with Gasteiger partial charge in [0.15, 0.2) is 12.1 Å². The van der Waals surface area contributed by atoms with E-state index in [1.165, 1.54) is 6.92 Å². The van der Waals surface area contributed by atoms with Crippen LogP contribution in [0.25, 0.3) is 0 Å². The number of carbonyl (C=O) groups is 2. The quantitative estimate of drug-likeness (QED) is 0.441. The molecule has 6 nitrogen and oxygen atoms in total. The number of allylic oxidation sites excluding steroid dienone is 3. The van der Waals surface area contributed by atoms with Gasteiger partial charge in [0, 0.05) is 23.2 Å². The number of carbonyl (C=O) groups excluding carboxylic acids is 2. The largest absolute Gasteiger partial charge is 0.473 e. The van der Waals surface area contributed by atoms with Crippen LogP contribution in [0.5, 0.6) is 0 Å². The summed E-state index contributed by atoms with van der Waals surface area (Å²) < 4.78 is 17.7. The second-order valence-electron chi connectivity index (χ2n) is 12.4. The minimum atomic E-state index is -1.06. The lowest BCUT2D eigenvalue weighted by atomic mass is 9.38. The fourth-order valence-corrected chi connectivity index (χ4v) is 8.50. The van der Waals surface area contributed by atoms with Gasteiger partial charge >= 0.3 is 5.97 Å². The summed E-state index contributed by atoms with van der Waals surface area (Å²) in [5, 5.41) is 10.9. The van der Waals surface area contributed by atoms with Gasteiger partial charge in [-0.2, -0.15) is 0 Å². The first-order valence-corrected chi connectivity index (χ1v) is 12.8. The molecule has 2 fully saturated rings. The van der Waals surface area contributed by atoms with Crippen LogP contribution in [0.4, 0.5) is 0 Å². The first-order chi connectivity index (χ1) is 16.3. The maximum absolute atomic E-state index is 12.9. The molecule has 2 heterocycles. The molecular weight excluding hydrogens is 444 g/mol. The van der Waals surface area contributed by atoms with Crippen LogP contribution in [-0.2, 0) is 23.8 Å². The molecule has 8 unspecified atom stereocenters. The van der Waals surface area contributed by atoms with E-state index in [1.807, 2.05) is 26.0 Å². The number of aliphatic hydroxyl groups is 1. The second-order valence-corrected chi connectivity index (χ2v) is 12.4. The van der Waals surface area contributed by atoms with E-state index < -0.39 is 28.6 Å². The van der Waals surface area contributed by atoms with E-state index in [2.05, 4.69) is 26.8 Å². The van der Waals surface area contributed by atoms with Gasteiger partial charge in [0.1, 0.15) is 6.10 Å². The van der Waals surface area contributed by atoms with Gasteiger partial charge in [-0.1, -0.05) is 46.3 Å². The van der Waals surface area contributed by atoms with Gasteiger partial charge in [-0.15, -0.1) is 0 Å². The Morgan fingerprint density at radius 3 is 2.57 bits per heavy atom. The number of rotatable bonds is 2. The van der Waals surface area contributed by atoms with Crippen molar-refractivity contribution in [2.75, 3.05) is 0 Å². The maximum atomic E-state index is 12.9. The fourth-order valence-electron chi connectivity index (χ4n) is 8.50. The van der Waals surface area contributed by atoms with Crippen molar-refractivity contribution >= 4 is 11.8 Å². The molecule has 0 spiro atoms. The molecule has 1 N–H and O–H groups in total. The monoisotopic (exact) mass is 482 g/mol. The molecule has 0 amide bonds. The summed E-state index contributed by atoms with van der Waals surface area (Å²) in [4.78, 5) is 25.3. The highest BCUT2D eigenvalue weighted by Gasteiger charge is 2.68. The average molecular weight is 483 g/mol. The summed E-state index contributed by atoms with van der Waals surface area (Å²) in [6.07, 6.45) is 12.3. The summed E-state index contributed by atoms with van der Waals surface area (Å²) in [5.41, 5.74) is 0.367. The standard InChI is InChI=1S/C29H38O6/c1-17(30)34-23-14-20-26(2,3)22(31)10-12-27(20,4)19-9-11-28(5)21(29(19,23)6)15-24(32)35-25(28)18-8-7-13-33-16-18/h7,10,12-13,15-16,19-20,23-25,32H,8-9,11,14H2,1-6H3. The van der Waals surface area contributed by atoms with Gasteiger partial charge in [-0.3, -0.25) is 9.59 Å². The molecule has 6 heteroatoms. The highest BCUT2D eigenvalue weighted by molar-refractivity contribution is 5.95. The number of ketones is 1. The Morgan fingerprint density at radius 1 is 1.17 bits per heavy atom. The van der Waals surface area contributed by atoms with Crippen LogP contribution in [0.3, 0.4) is 0 Å². The zero-order chi connectivity index (χ0) is 25.4. The Morgan fingerprint density at radius 2 is 1.91 bits per heavy atom. The van der Waals surface area contributed by atoms with Crippen LogP contribution in [0, 0.1) is 33.5 Å². The second kappa shape index (κ2) is 7.91. The number of fused-ring (bicyclic) bond motifs is 5. The van der Waals surface area contributed by atoms with Crippen LogP contribution in [0.1, 0.15) is 67.2 Å². The van der Waals surface area contributed by atoms with Gasteiger partial charge in [0.25, 0.3) is 0 Å². The van der Waals surface area contributed by atoms with Crippen molar-refractivity contribution in [3.63, 3.8) is 0 Å². The third kappa shape index (κ3) is 3.36. The number of esters is 1. The van der Waals surface area contributed by atoms with Crippen molar-refractivity contribution in [2.45, 2.75) is 85.7 Å². The predicted octanol–water partition coefficient (Wildman–Crippen LogP) is 4.99. The summed E-state index contributed by atoms with van der Waals surface area (Å²) in [6, 6.07) is 0. The van der Waals surface area contributed by atoms with Crippen molar-refractivity contribution < 1.29 is 28.9 Å². The van der Waals surface area contributed by atoms with Crippen molar-refractivity contribution in [1.82, 2.24) is 0 Å². The normalized spacial score (nSPS) is 45.8. The Kier molecular flexibility index (Phi) is 5.54. The van der Waals surface area contributed by atoms with E-state index in [-0.39, 0.29) is 35.1 Å². The summed E-state index contributed by atoms with van der Waals surface area (Å²) in [5.74, 6) is -0.0213. The van der Waals surface area contributed by atoms with E-state index in [1.54, 1.807) is 18.6 Å². The van der Waals surface area contributed by atoms with Gasteiger partial charge in [-0.25, -0.2) is 0 Å². The summed E-state index contributed by atoms with van der Waals surface area (Å²) >= 11 is 0. The molecule has 2 saturated carbocycles. The van der Waals surface area contributed by atoms with E-state index in [0.717, 1.165) is 24.0 Å². The van der Waals surface area contributed by atoms with Crippen molar-refractivity contribution in [2.24, 2.45) is 33.5 Å². The van der Waals surface area contributed by atoms with E-state index in [9.17, 15) is 14.7 Å².